The molecule has 0 bridgehead atoms. The molecule has 2 heteroatoms. The van der Waals surface area contributed by atoms with E-state index in [0.717, 1.165) is 19.3 Å². The maximum Gasteiger partial charge on any atom is 0.143 e. The van der Waals surface area contributed by atoms with Crippen LogP contribution in [0.4, 0.5) is 0 Å². The second-order valence-electron chi connectivity index (χ2n) is 5.07. The monoisotopic (exact) mass is 208 g/mol. The molecule has 1 N–H and O–H groups in total. The minimum absolute atomic E-state index is 0.793. The Labute approximate surface area is 88.2 Å². The molecule has 1 rings (SSSR count). The quantitative estimate of drug-likeness (QED) is 0.369. The van der Waals surface area contributed by atoms with Gasteiger partial charge in [-0.1, -0.05) is 31.6 Å². The van der Waals surface area contributed by atoms with Crippen LogP contribution in [0, 0.1) is 11.5 Å². The Hall–Kier alpha value is -0.523. The van der Waals surface area contributed by atoms with E-state index in [-0.39, 0.29) is 0 Å². The summed E-state index contributed by atoms with van der Waals surface area (Å²) in [4.78, 5) is 0. The maximum atomic E-state index is 10.2. The largest absolute Gasteiger partial charge is 0.374 e. The van der Waals surface area contributed by atoms with E-state index in [1.807, 2.05) is 6.08 Å². The summed E-state index contributed by atoms with van der Waals surface area (Å²) in [6.07, 6.45) is 8.06. The molecule has 14 heavy (non-hydrogen) atoms. The van der Waals surface area contributed by atoms with Crippen LogP contribution < -0.4 is 0 Å². The van der Waals surface area contributed by atoms with Gasteiger partial charge in [-0.3, -0.25) is 0 Å². The fourth-order valence-corrected chi connectivity index (χ4v) is 2.01. The highest BCUT2D eigenvalue weighted by molar-refractivity contribution is 6.83. The minimum Gasteiger partial charge on any atom is -0.374 e. The van der Waals surface area contributed by atoms with Crippen LogP contribution in [0.2, 0.25) is 19.6 Å². The highest BCUT2D eigenvalue weighted by Crippen LogP contribution is 2.20. The molecule has 0 amide bonds. The van der Waals surface area contributed by atoms with Crippen LogP contribution in [0.1, 0.15) is 25.7 Å². The van der Waals surface area contributed by atoms with Gasteiger partial charge in [-0.15, -0.1) is 5.54 Å². The predicted molar refractivity (Wildman–Crippen MR) is 63.7 cm³/mol. The van der Waals surface area contributed by atoms with Crippen molar-refractivity contribution in [2.75, 3.05) is 0 Å². The van der Waals surface area contributed by atoms with Crippen molar-refractivity contribution in [3.8, 4) is 11.5 Å². The average Bonchev–Trinajstić information content (AvgIpc) is 2.27. The summed E-state index contributed by atoms with van der Waals surface area (Å²) in [7, 11) is -1.36. The minimum atomic E-state index is -1.36. The van der Waals surface area contributed by atoms with Gasteiger partial charge in [0.25, 0.3) is 0 Å². The first kappa shape index (κ1) is 11.6. The Morgan fingerprint density at radius 3 is 2.64 bits per heavy atom. The smallest absolute Gasteiger partial charge is 0.143 e. The van der Waals surface area contributed by atoms with Gasteiger partial charge in [0.2, 0.25) is 0 Å². The van der Waals surface area contributed by atoms with Crippen LogP contribution in [0.5, 0.6) is 0 Å². The van der Waals surface area contributed by atoms with Gasteiger partial charge in [0.05, 0.1) is 0 Å². The normalized spacial score (nSPS) is 27.7. The molecule has 0 radical (unpaired) electrons. The van der Waals surface area contributed by atoms with Crippen LogP contribution in [0.15, 0.2) is 12.2 Å². The molecule has 0 aromatic carbocycles. The van der Waals surface area contributed by atoms with Gasteiger partial charge in [-0.2, -0.15) is 0 Å². The lowest BCUT2D eigenvalue weighted by molar-refractivity contribution is 0.141. The lowest BCUT2D eigenvalue weighted by atomic mass is 10.00. The van der Waals surface area contributed by atoms with Gasteiger partial charge in [0.1, 0.15) is 13.7 Å². The van der Waals surface area contributed by atoms with E-state index in [1.165, 1.54) is 6.42 Å². The third-order valence-corrected chi connectivity index (χ3v) is 3.10. The van der Waals surface area contributed by atoms with Crippen LogP contribution >= 0.6 is 0 Å². The predicted octanol–water partition coefficient (Wildman–Crippen LogP) is 2.73. The average molecular weight is 208 g/mol. The third-order valence-electron chi connectivity index (χ3n) is 2.23. The van der Waals surface area contributed by atoms with Gasteiger partial charge >= 0.3 is 0 Å². The van der Waals surface area contributed by atoms with E-state index in [4.69, 9.17) is 0 Å². The first-order valence-electron chi connectivity index (χ1n) is 5.36. The van der Waals surface area contributed by atoms with Crippen LogP contribution in [-0.2, 0) is 0 Å². The molecule has 0 heterocycles. The number of hydrogen-bond donors (Lipinski definition) is 1. The van der Waals surface area contributed by atoms with Crippen LogP contribution in [0.25, 0.3) is 0 Å². The van der Waals surface area contributed by atoms with Gasteiger partial charge < -0.3 is 5.11 Å². The van der Waals surface area contributed by atoms with Crippen molar-refractivity contribution in [3.05, 3.63) is 12.2 Å². The first-order chi connectivity index (χ1) is 6.41. The van der Waals surface area contributed by atoms with Crippen molar-refractivity contribution >= 4 is 8.07 Å². The molecule has 1 atom stereocenters. The van der Waals surface area contributed by atoms with E-state index in [9.17, 15) is 5.11 Å². The molecule has 0 spiro atoms. The highest BCUT2D eigenvalue weighted by Gasteiger charge is 2.22. The number of rotatable bonds is 0. The third kappa shape index (κ3) is 4.12. The van der Waals surface area contributed by atoms with Gasteiger partial charge in [0.15, 0.2) is 0 Å². The van der Waals surface area contributed by atoms with Crippen LogP contribution in [0.3, 0.4) is 0 Å². The number of allylic oxidation sites excluding steroid dienone is 1. The molecule has 1 nitrogen and oxygen atoms in total. The second-order valence-corrected chi connectivity index (χ2v) is 9.82. The summed E-state index contributed by atoms with van der Waals surface area (Å²) < 4.78 is 0. The van der Waals surface area contributed by atoms with E-state index >= 15 is 0 Å². The highest BCUT2D eigenvalue weighted by atomic mass is 28.3. The zero-order chi connectivity index (χ0) is 10.7. The Bertz CT molecular complexity index is 277. The molecule has 78 valence electrons. The number of aliphatic hydroxyl groups is 1. The molecule has 0 aromatic rings. The molecular weight excluding hydrogens is 188 g/mol. The van der Waals surface area contributed by atoms with Crippen molar-refractivity contribution in [1.82, 2.24) is 0 Å². The summed E-state index contributed by atoms with van der Waals surface area (Å²) in [6.45, 7) is 6.59. The molecule has 0 aliphatic heterocycles. The van der Waals surface area contributed by atoms with E-state index < -0.39 is 13.7 Å². The van der Waals surface area contributed by atoms with Crippen molar-refractivity contribution in [3.63, 3.8) is 0 Å². The number of hydrogen-bond acceptors (Lipinski definition) is 1. The second kappa shape index (κ2) is 4.33. The molecule has 1 aliphatic carbocycles. The molecule has 0 fully saturated rings. The maximum absolute atomic E-state index is 10.2. The van der Waals surface area contributed by atoms with Crippen molar-refractivity contribution < 1.29 is 5.11 Å². The lowest BCUT2D eigenvalue weighted by Crippen LogP contribution is -2.25. The molecule has 0 saturated heterocycles. The molecule has 0 saturated carbocycles. The standard InChI is InChI=1S/C12H20OSi/c1-14(2,3)11-10-12(13)8-6-4-5-7-9-12/h6,8,13H,4-5,7,9H2,1-3H3. The first-order valence-corrected chi connectivity index (χ1v) is 8.86. The molecule has 0 aromatic heterocycles. The fraction of sp³-hybridized carbons (Fsp3) is 0.667. The van der Waals surface area contributed by atoms with E-state index in [2.05, 4.69) is 37.2 Å². The topological polar surface area (TPSA) is 20.2 Å². The summed E-state index contributed by atoms with van der Waals surface area (Å²) in [5, 5.41) is 10.2. The van der Waals surface area contributed by atoms with E-state index in [1.54, 1.807) is 0 Å². The van der Waals surface area contributed by atoms with Gasteiger partial charge in [-0.25, -0.2) is 0 Å². The Morgan fingerprint density at radius 2 is 2.00 bits per heavy atom. The molecule has 1 aliphatic rings. The SMILES string of the molecule is C[Si](C)(C)C#CC1(O)C=CCCCC1. The zero-order valence-electron chi connectivity index (χ0n) is 9.43. The van der Waals surface area contributed by atoms with E-state index in [0.29, 0.717) is 0 Å². The summed E-state index contributed by atoms with van der Waals surface area (Å²) in [5.41, 5.74) is 2.41. The lowest BCUT2D eigenvalue weighted by Gasteiger charge is -2.17. The van der Waals surface area contributed by atoms with Gasteiger partial charge in [0, 0.05) is 0 Å². The van der Waals surface area contributed by atoms with Crippen molar-refractivity contribution in [2.45, 2.75) is 50.9 Å². The Morgan fingerprint density at radius 1 is 1.29 bits per heavy atom. The van der Waals surface area contributed by atoms with Crippen LogP contribution in [-0.4, -0.2) is 18.8 Å². The Balaban J connectivity index is 2.76. The fourth-order valence-electron chi connectivity index (χ4n) is 1.42. The summed E-state index contributed by atoms with van der Waals surface area (Å²) >= 11 is 0. The van der Waals surface area contributed by atoms with Crippen molar-refractivity contribution in [1.29, 1.82) is 0 Å². The summed E-state index contributed by atoms with van der Waals surface area (Å²) in [6, 6.07) is 0. The zero-order valence-corrected chi connectivity index (χ0v) is 10.4. The molecule has 1 unspecified atom stereocenters. The summed E-state index contributed by atoms with van der Waals surface area (Å²) in [5.74, 6) is 3.06. The molecular formula is C12H20OSi. The van der Waals surface area contributed by atoms with Crippen molar-refractivity contribution in [2.24, 2.45) is 0 Å². The van der Waals surface area contributed by atoms with Gasteiger partial charge in [-0.05, 0) is 31.8 Å². The Kier molecular flexibility index (Phi) is 3.57.